The molecular formula is C16H17ClN2O2S. The van der Waals surface area contributed by atoms with Crippen LogP contribution in [-0.4, -0.2) is 12.5 Å². The monoisotopic (exact) mass is 336 g/mol. The zero-order valence-corrected chi connectivity index (χ0v) is 13.7. The minimum Gasteiger partial charge on any atom is -0.494 e. The van der Waals surface area contributed by atoms with Crippen LogP contribution in [-0.2, 0) is 5.75 Å². The fraction of sp³-hybridized carbons (Fsp3) is 0.188. The number of hydrogen-bond acceptors (Lipinski definition) is 4. The second kappa shape index (κ2) is 8.08. The number of benzene rings is 2. The lowest BCUT2D eigenvalue weighted by atomic mass is 10.1. The number of carbonyl (C=O) groups is 1. The number of nitrogens with two attached hydrogens (primary N) is 1. The predicted molar refractivity (Wildman–Crippen MR) is 90.3 cm³/mol. The average Bonchev–Trinajstić information content (AvgIpc) is 2.55. The second-order valence-corrected chi connectivity index (χ2v) is 5.96. The van der Waals surface area contributed by atoms with Gasteiger partial charge in [-0.15, -0.1) is 11.8 Å². The molecule has 3 N–H and O–H groups in total. The van der Waals surface area contributed by atoms with Gasteiger partial charge in [0.2, 0.25) is 0 Å². The van der Waals surface area contributed by atoms with E-state index in [0.29, 0.717) is 22.9 Å². The summed E-state index contributed by atoms with van der Waals surface area (Å²) in [6.07, 6.45) is 0. The Morgan fingerprint density at radius 2 is 2.00 bits per heavy atom. The second-order valence-electron chi connectivity index (χ2n) is 4.47. The number of amides is 1. The van der Waals surface area contributed by atoms with E-state index in [1.807, 2.05) is 31.2 Å². The summed E-state index contributed by atoms with van der Waals surface area (Å²) in [5, 5.41) is 0.709. The van der Waals surface area contributed by atoms with Gasteiger partial charge in [-0.25, -0.2) is 5.84 Å². The van der Waals surface area contributed by atoms with Gasteiger partial charge in [-0.3, -0.25) is 10.2 Å². The molecule has 0 radical (unpaired) electrons. The number of hydrazine groups is 1. The van der Waals surface area contributed by atoms with Crippen molar-refractivity contribution in [2.24, 2.45) is 5.84 Å². The van der Waals surface area contributed by atoms with Gasteiger partial charge in [0, 0.05) is 26.8 Å². The van der Waals surface area contributed by atoms with Crippen LogP contribution >= 0.6 is 23.4 Å². The van der Waals surface area contributed by atoms with Crippen LogP contribution in [0.5, 0.6) is 5.75 Å². The van der Waals surface area contributed by atoms with E-state index in [2.05, 4.69) is 5.43 Å². The molecule has 22 heavy (non-hydrogen) atoms. The summed E-state index contributed by atoms with van der Waals surface area (Å²) >= 11 is 7.53. The lowest BCUT2D eigenvalue weighted by Crippen LogP contribution is -2.30. The molecule has 0 spiro atoms. The standard InChI is InChI=1S/C16H17ClN2O2S/c1-2-21-15-8-3-11(16(20)19-18)9-12(15)10-22-14-6-4-13(17)5-7-14/h3-9H,2,10,18H2,1H3,(H,19,20). The molecule has 2 aromatic rings. The van der Waals surface area contributed by atoms with Crippen LogP contribution in [0.1, 0.15) is 22.8 Å². The van der Waals surface area contributed by atoms with Crippen LogP contribution in [0, 0.1) is 0 Å². The van der Waals surface area contributed by atoms with Gasteiger partial charge in [0.15, 0.2) is 0 Å². The van der Waals surface area contributed by atoms with Crippen LogP contribution in [0.3, 0.4) is 0 Å². The molecule has 2 aromatic carbocycles. The number of nitrogens with one attached hydrogen (secondary N) is 1. The highest BCUT2D eigenvalue weighted by atomic mass is 35.5. The van der Waals surface area contributed by atoms with Crippen molar-refractivity contribution in [2.45, 2.75) is 17.6 Å². The number of halogens is 1. The summed E-state index contributed by atoms with van der Waals surface area (Å²) in [5.74, 6) is 6.32. The maximum absolute atomic E-state index is 11.6. The van der Waals surface area contributed by atoms with Crippen molar-refractivity contribution in [3.05, 3.63) is 58.6 Å². The Labute approximate surface area is 139 Å². The van der Waals surface area contributed by atoms with Crippen LogP contribution in [0.2, 0.25) is 5.02 Å². The van der Waals surface area contributed by atoms with E-state index < -0.39 is 0 Å². The first-order valence-corrected chi connectivity index (χ1v) is 8.15. The van der Waals surface area contributed by atoms with Crippen molar-refractivity contribution in [3.63, 3.8) is 0 Å². The molecule has 0 aliphatic heterocycles. The molecule has 116 valence electrons. The fourth-order valence-corrected chi connectivity index (χ4v) is 2.91. The number of nitrogen functional groups attached to an aromatic ring is 1. The Morgan fingerprint density at radius 3 is 2.64 bits per heavy atom. The summed E-state index contributed by atoms with van der Waals surface area (Å²) in [7, 11) is 0. The van der Waals surface area contributed by atoms with E-state index in [1.54, 1.807) is 30.0 Å². The van der Waals surface area contributed by atoms with Crippen molar-refractivity contribution in [3.8, 4) is 5.75 Å². The lowest BCUT2D eigenvalue weighted by Gasteiger charge is -2.12. The number of carbonyl (C=O) groups excluding carboxylic acids is 1. The number of hydrogen-bond donors (Lipinski definition) is 2. The Hall–Kier alpha value is -1.69. The molecule has 0 heterocycles. The van der Waals surface area contributed by atoms with Gasteiger partial charge < -0.3 is 4.74 Å². The quantitative estimate of drug-likeness (QED) is 0.366. The van der Waals surface area contributed by atoms with Crippen molar-refractivity contribution >= 4 is 29.3 Å². The van der Waals surface area contributed by atoms with Gasteiger partial charge in [0.05, 0.1) is 6.61 Å². The summed E-state index contributed by atoms with van der Waals surface area (Å²) < 4.78 is 5.62. The van der Waals surface area contributed by atoms with Gasteiger partial charge in [0.1, 0.15) is 5.75 Å². The topological polar surface area (TPSA) is 64.3 Å². The molecule has 0 atom stereocenters. The molecule has 0 fully saturated rings. The number of ether oxygens (including phenoxy) is 1. The molecule has 0 saturated carbocycles. The van der Waals surface area contributed by atoms with Crippen LogP contribution in [0.4, 0.5) is 0 Å². The summed E-state index contributed by atoms with van der Waals surface area (Å²) in [5.41, 5.74) is 3.60. The zero-order chi connectivity index (χ0) is 15.9. The molecule has 0 unspecified atom stereocenters. The van der Waals surface area contributed by atoms with E-state index in [-0.39, 0.29) is 5.91 Å². The number of thioether (sulfide) groups is 1. The molecule has 4 nitrogen and oxygen atoms in total. The SMILES string of the molecule is CCOc1ccc(C(=O)NN)cc1CSc1ccc(Cl)cc1. The van der Waals surface area contributed by atoms with Gasteiger partial charge in [-0.05, 0) is 49.4 Å². The smallest absolute Gasteiger partial charge is 0.265 e. The highest BCUT2D eigenvalue weighted by Crippen LogP contribution is 2.29. The molecule has 0 aromatic heterocycles. The Balaban J connectivity index is 2.18. The summed E-state index contributed by atoms with van der Waals surface area (Å²) in [6, 6.07) is 12.9. The molecule has 6 heteroatoms. The van der Waals surface area contributed by atoms with Crippen molar-refractivity contribution in [2.75, 3.05) is 6.61 Å². The number of rotatable bonds is 6. The van der Waals surface area contributed by atoms with Gasteiger partial charge in [-0.2, -0.15) is 0 Å². The highest BCUT2D eigenvalue weighted by Gasteiger charge is 2.10. The van der Waals surface area contributed by atoms with Crippen molar-refractivity contribution in [1.29, 1.82) is 0 Å². The molecule has 1 amide bonds. The van der Waals surface area contributed by atoms with E-state index in [4.69, 9.17) is 22.2 Å². The minimum atomic E-state index is -0.319. The zero-order valence-electron chi connectivity index (χ0n) is 12.1. The van der Waals surface area contributed by atoms with Gasteiger partial charge in [-0.1, -0.05) is 11.6 Å². The summed E-state index contributed by atoms with van der Waals surface area (Å²) in [6.45, 7) is 2.50. The largest absolute Gasteiger partial charge is 0.494 e. The maximum Gasteiger partial charge on any atom is 0.265 e. The first-order chi connectivity index (χ1) is 10.6. The first kappa shape index (κ1) is 16.7. The Bertz CT molecular complexity index is 647. The molecule has 0 bridgehead atoms. The third-order valence-corrected chi connectivity index (χ3v) is 4.27. The fourth-order valence-electron chi connectivity index (χ4n) is 1.91. The third-order valence-electron chi connectivity index (χ3n) is 2.96. The van der Waals surface area contributed by atoms with Crippen LogP contribution in [0.15, 0.2) is 47.4 Å². The Kier molecular flexibility index (Phi) is 6.12. The normalized spacial score (nSPS) is 10.3. The minimum absolute atomic E-state index is 0.319. The molecule has 0 saturated heterocycles. The first-order valence-electron chi connectivity index (χ1n) is 6.79. The maximum atomic E-state index is 11.6. The third kappa shape index (κ3) is 4.40. The predicted octanol–water partition coefficient (Wildman–Crippen LogP) is 3.63. The van der Waals surface area contributed by atoms with E-state index >= 15 is 0 Å². The van der Waals surface area contributed by atoms with Crippen molar-refractivity contribution < 1.29 is 9.53 Å². The van der Waals surface area contributed by atoms with Crippen LogP contribution < -0.4 is 16.0 Å². The lowest BCUT2D eigenvalue weighted by molar-refractivity contribution is 0.0953. The highest BCUT2D eigenvalue weighted by molar-refractivity contribution is 7.98. The average molecular weight is 337 g/mol. The molecule has 0 aliphatic carbocycles. The Morgan fingerprint density at radius 1 is 1.27 bits per heavy atom. The van der Waals surface area contributed by atoms with E-state index in [9.17, 15) is 4.79 Å². The molecule has 2 rings (SSSR count). The van der Waals surface area contributed by atoms with Crippen LogP contribution in [0.25, 0.3) is 0 Å². The summed E-state index contributed by atoms with van der Waals surface area (Å²) in [4.78, 5) is 12.7. The molecule has 0 aliphatic rings. The van der Waals surface area contributed by atoms with Gasteiger partial charge >= 0.3 is 0 Å². The van der Waals surface area contributed by atoms with Gasteiger partial charge in [0.25, 0.3) is 5.91 Å². The molecular weight excluding hydrogens is 320 g/mol. The van der Waals surface area contributed by atoms with E-state index in [0.717, 1.165) is 16.2 Å². The van der Waals surface area contributed by atoms with Crippen molar-refractivity contribution in [1.82, 2.24) is 5.43 Å². The van der Waals surface area contributed by atoms with E-state index in [1.165, 1.54) is 0 Å².